The first-order valence-electron chi connectivity index (χ1n) is 6.07. The number of piperazine rings is 1. The molecule has 0 amide bonds. The van der Waals surface area contributed by atoms with Crippen LogP contribution in [0.15, 0.2) is 0 Å². The van der Waals surface area contributed by atoms with E-state index in [2.05, 4.69) is 4.90 Å². The molecule has 0 radical (unpaired) electrons. The minimum atomic E-state index is -4.25. The summed E-state index contributed by atoms with van der Waals surface area (Å²) in [5.41, 5.74) is 5.49. The Bertz CT molecular complexity index is 243. The van der Waals surface area contributed by atoms with E-state index in [9.17, 15) is 13.2 Å². The molecule has 0 aliphatic carbocycles. The zero-order valence-electron chi connectivity index (χ0n) is 10.7. The minimum absolute atomic E-state index is 0.150. The molecule has 3 unspecified atom stereocenters. The molecule has 0 aromatic carbocycles. The van der Waals surface area contributed by atoms with Gasteiger partial charge in [-0.1, -0.05) is 6.92 Å². The van der Waals surface area contributed by atoms with E-state index in [4.69, 9.17) is 5.73 Å². The van der Waals surface area contributed by atoms with Crippen LogP contribution < -0.4 is 5.73 Å². The van der Waals surface area contributed by atoms with E-state index < -0.39 is 18.3 Å². The third kappa shape index (κ3) is 3.56. The van der Waals surface area contributed by atoms with Crippen LogP contribution in [0.2, 0.25) is 0 Å². The second-order valence-electron chi connectivity index (χ2n) is 4.82. The highest BCUT2D eigenvalue weighted by Gasteiger charge is 2.47. The number of halogens is 3. The SMILES string of the molecule is CCN1CCN(C(C(C)N)C(F)(F)F)CC1C. The number of hydrogen-bond acceptors (Lipinski definition) is 3. The second-order valence-corrected chi connectivity index (χ2v) is 4.82. The third-order valence-corrected chi connectivity index (χ3v) is 3.43. The Morgan fingerprint density at radius 1 is 1.35 bits per heavy atom. The normalized spacial score (nSPS) is 28.1. The molecule has 3 atom stereocenters. The molecule has 0 saturated carbocycles. The molecular formula is C11H22F3N3. The predicted octanol–water partition coefficient (Wildman–Crippen LogP) is 1.29. The van der Waals surface area contributed by atoms with E-state index in [1.54, 1.807) is 0 Å². The van der Waals surface area contributed by atoms with Crippen molar-refractivity contribution in [3.63, 3.8) is 0 Å². The van der Waals surface area contributed by atoms with Crippen LogP contribution in [-0.2, 0) is 0 Å². The van der Waals surface area contributed by atoms with E-state index >= 15 is 0 Å². The Morgan fingerprint density at radius 2 is 1.94 bits per heavy atom. The predicted molar refractivity (Wildman–Crippen MR) is 61.8 cm³/mol. The lowest BCUT2D eigenvalue weighted by molar-refractivity contribution is -0.194. The van der Waals surface area contributed by atoms with Crippen molar-refractivity contribution in [2.24, 2.45) is 5.73 Å². The Labute approximate surface area is 101 Å². The lowest BCUT2D eigenvalue weighted by Gasteiger charge is -2.44. The number of nitrogens with zero attached hydrogens (tertiary/aromatic N) is 2. The van der Waals surface area contributed by atoms with Crippen molar-refractivity contribution in [3.05, 3.63) is 0 Å². The largest absolute Gasteiger partial charge is 0.405 e. The third-order valence-electron chi connectivity index (χ3n) is 3.43. The number of alkyl halides is 3. The maximum atomic E-state index is 12.9. The van der Waals surface area contributed by atoms with Crippen molar-refractivity contribution < 1.29 is 13.2 Å². The van der Waals surface area contributed by atoms with Gasteiger partial charge in [-0.3, -0.25) is 9.80 Å². The molecule has 1 fully saturated rings. The van der Waals surface area contributed by atoms with Crippen LogP contribution >= 0.6 is 0 Å². The van der Waals surface area contributed by atoms with Crippen molar-refractivity contribution in [2.75, 3.05) is 26.2 Å². The first-order valence-corrected chi connectivity index (χ1v) is 6.07. The van der Waals surface area contributed by atoms with Crippen molar-refractivity contribution in [1.29, 1.82) is 0 Å². The standard InChI is InChI=1S/C11H22F3N3/c1-4-16-5-6-17(7-8(16)2)10(9(3)15)11(12,13)14/h8-10H,4-7,15H2,1-3H3. The maximum Gasteiger partial charge on any atom is 0.405 e. The van der Waals surface area contributed by atoms with Gasteiger partial charge in [0.05, 0.1) is 0 Å². The molecule has 1 rings (SSSR count). The summed E-state index contributed by atoms with van der Waals surface area (Å²) >= 11 is 0. The van der Waals surface area contributed by atoms with Gasteiger partial charge in [-0.25, -0.2) is 0 Å². The highest BCUT2D eigenvalue weighted by atomic mass is 19.4. The number of nitrogens with two attached hydrogens (primary N) is 1. The molecular weight excluding hydrogens is 231 g/mol. The Kier molecular flexibility index (Phi) is 4.80. The van der Waals surface area contributed by atoms with E-state index in [1.165, 1.54) is 11.8 Å². The van der Waals surface area contributed by atoms with Crippen LogP contribution in [-0.4, -0.2) is 60.3 Å². The molecule has 1 aliphatic heterocycles. The van der Waals surface area contributed by atoms with E-state index in [0.717, 1.165) is 6.54 Å². The van der Waals surface area contributed by atoms with E-state index in [1.807, 2.05) is 13.8 Å². The molecule has 1 heterocycles. The van der Waals surface area contributed by atoms with Gasteiger partial charge in [0.25, 0.3) is 0 Å². The monoisotopic (exact) mass is 253 g/mol. The molecule has 17 heavy (non-hydrogen) atoms. The smallest absolute Gasteiger partial charge is 0.326 e. The summed E-state index contributed by atoms with van der Waals surface area (Å²) in [7, 11) is 0. The highest BCUT2D eigenvalue weighted by Crippen LogP contribution is 2.28. The highest BCUT2D eigenvalue weighted by molar-refractivity contribution is 4.90. The van der Waals surface area contributed by atoms with Crippen LogP contribution in [0.1, 0.15) is 20.8 Å². The summed E-state index contributed by atoms with van der Waals surface area (Å²) < 4.78 is 38.8. The zero-order chi connectivity index (χ0) is 13.2. The molecule has 1 saturated heterocycles. The van der Waals surface area contributed by atoms with Gasteiger partial charge in [-0.05, 0) is 20.4 Å². The fourth-order valence-electron chi connectivity index (χ4n) is 2.58. The zero-order valence-corrected chi connectivity index (χ0v) is 10.7. The van der Waals surface area contributed by atoms with Gasteiger partial charge < -0.3 is 5.73 Å². The summed E-state index contributed by atoms with van der Waals surface area (Å²) in [4.78, 5) is 3.66. The van der Waals surface area contributed by atoms with Gasteiger partial charge in [-0.2, -0.15) is 13.2 Å². The van der Waals surface area contributed by atoms with Crippen molar-refractivity contribution in [1.82, 2.24) is 9.80 Å². The number of rotatable bonds is 3. The summed E-state index contributed by atoms with van der Waals surface area (Å²) in [5.74, 6) is 0. The molecule has 6 heteroatoms. The van der Waals surface area contributed by atoms with Crippen LogP contribution in [0.25, 0.3) is 0 Å². The van der Waals surface area contributed by atoms with Crippen molar-refractivity contribution >= 4 is 0 Å². The summed E-state index contributed by atoms with van der Waals surface area (Å²) in [6, 6.07) is -2.27. The van der Waals surface area contributed by atoms with Gasteiger partial charge in [0.1, 0.15) is 6.04 Å². The second kappa shape index (κ2) is 5.54. The van der Waals surface area contributed by atoms with Gasteiger partial charge in [-0.15, -0.1) is 0 Å². The maximum absolute atomic E-state index is 12.9. The van der Waals surface area contributed by atoms with Crippen molar-refractivity contribution in [2.45, 2.75) is 45.1 Å². The molecule has 0 spiro atoms. The molecule has 0 bridgehead atoms. The van der Waals surface area contributed by atoms with Crippen LogP contribution in [0, 0.1) is 0 Å². The quantitative estimate of drug-likeness (QED) is 0.822. The number of hydrogen-bond donors (Lipinski definition) is 1. The fraction of sp³-hybridized carbons (Fsp3) is 1.00. The van der Waals surface area contributed by atoms with Gasteiger partial charge in [0.15, 0.2) is 0 Å². The molecule has 0 aromatic rings. The van der Waals surface area contributed by atoms with Crippen LogP contribution in [0.5, 0.6) is 0 Å². The van der Waals surface area contributed by atoms with Gasteiger partial charge in [0.2, 0.25) is 0 Å². The summed E-state index contributed by atoms with van der Waals surface area (Å²) in [6.45, 7) is 7.84. The molecule has 1 aliphatic rings. The lowest BCUT2D eigenvalue weighted by Crippen LogP contribution is -2.62. The average molecular weight is 253 g/mol. The molecule has 2 N–H and O–H groups in total. The summed E-state index contributed by atoms with van der Waals surface area (Å²) in [6.07, 6.45) is -4.25. The Morgan fingerprint density at radius 3 is 2.29 bits per heavy atom. The van der Waals surface area contributed by atoms with Crippen LogP contribution in [0.3, 0.4) is 0 Å². The molecule has 3 nitrogen and oxygen atoms in total. The van der Waals surface area contributed by atoms with E-state index in [-0.39, 0.29) is 6.04 Å². The van der Waals surface area contributed by atoms with Gasteiger partial charge in [0, 0.05) is 31.7 Å². The first-order chi connectivity index (χ1) is 7.77. The van der Waals surface area contributed by atoms with Gasteiger partial charge >= 0.3 is 6.18 Å². The first kappa shape index (κ1) is 14.7. The molecule has 0 aromatic heterocycles. The Balaban J connectivity index is 2.72. The van der Waals surface area contributed by atoms with E-state index in [0.29, 0.717) is 19.6 Å². The topological polar surface area (TPSA) is 32.5 Å². The average Bonchev–Trinajstić information content (AvgIpc) is 2.15. The lowest BCUT2D eigenvalue weighted by atomic mass is 10.1. The Hall–Kier alpha value is -0.330. The minimum Gasteiger partial charge on any atom is -0.326 e. The van der Waals surface area contributed by atoms with Crippen LogP contribution in [0.4, 0.5) is 13.2 Å². The fourth-order valence-corrected chi connectivity index (χ4v) is 2.58. The molecule has 102 valence electrons. The van der Waals surface area contributed by atoms with Crippen molar-refractivity contribution in [3.8, 4) is 0 Å². The summed E-state index contributed by atoms with van der Waals surface area (Å²) in [5, 5.41) is 0. The number of likely N-dealkylation sites (N-methyl/N-ethyl adjacent to an activating group) is 1.